The Hall–Kier alpha value is -2.71. The lowest BCUT2D eigenvalue weighted by Crippen LogP contribution is -2.49. The van der Waals surface area contributed by atoms with Crippen molar-refractivity contribution in [2.45, 2.75) is 31.6 Å². The predicted octanol–water partition coefficient (Wildman–Crippen LogP) is 5.24. The molecule has 0 bridgehead atoms. The van der Waals surface area contributed by atoms with E-state index in [-0.39, 0.29) is 5.25 Å². The third-order valence-corrected chi connectivity index (χ3v) is 10.1. The first-order valence-electron chi connectivity index (χ1n) is 12.4. The van der Waals surface area contributed by atoms with Crippen LogP contribution in [-0.4, -0.2) is 58.4 Å². The van der Waals surface area contributed by atoms with E-state index in [2.05, 4.69) is 45.8 Å². The second-order valence-electron chi connectivity index (χ2n) is 9.80. The molecule has 0 radical (unpaired) electrons. The third-order valence-electron chi connectivity index (χ3n) is 7.27. The Morgan fingerprint density at radius 3 is 2.33 bits per heavy atom. The topological polar surface area (TPSA) is 57.9 Å². The van der Waals surface area contributed by atoms with Gasteiger partial charge in [-0.25, -0.2) is 13.4 Å². The molecule has 2 aliphatic rings. The molecule has 2 aromatic carbocycles. The van der Waals surface area contributed by atoms with E-state index in [0.29, 0.717) is 32.7 Å². The largest absolute Gasteiger partial charge is 0.301 e. The molecular weight excluding hydrogens is 492 g/mol. The second kappa shape index (κ2) is 9.30. The predicted molar refractivity (Wildman–Crippen MR) is 145 cm³/mol. The van der Waals surface area contributed by atoms with Crippen LogP contribution >= 0.6 is 11.6 Å². The SMILES string of the molecule is Cc1cc(-c2nc3ccc(-c4ccccc4)cn3c2CN2CCN(S(=O)(=O)C3CC3)CC2)ccc1Cl. The number of pyridine rings is 1. The summed E-state index contributed by atoms with van der Waals surface area (Å²) in [5.74, 6) is 0. The van der Waals surface area contributed by atoms with Gasteiger partial charge in [-0.3, -0.25) is 4.90 Å². The van der Waals surface area contributed by atoms with Gasteiger partial charge in [0.2, 0.25) is 10.0 Å². The summed E-state index contributed by atoms with van der Waals surface area (Å²) in [6.07, 6.45) is 3.77. The molecule has 4 aromatic rings. The highest BCUT2D eigenvalue weighted by molar-refractivity contribution is 7.90. The average Bonchev–Trinajstić information content (AvgIpc) is 3.70. The Bertz CT molecular complexity index is 1520. The minimum Gasteiger partial charge on any atom is -0.301 e. The number of sulfonamides is 1. The number of halogens is 1. The Balaban J connectivity index is 1.36. The zero-order chi connectivity index (χ0) is 24.9. The molecule has 1 aliphatic carbocycles. The molecule has 6 rings (SSSR count). The van der Waals surface area contributed by atoms with Gasteiger partial charge >= 0.3 is 0 Å². The van der Waals surface area contributed by atoms with Crippen molar-refractivity contribution < 1.29 is 8.42 Å². The number of rotatable bonds is 6. The maximum atomic E-state index is 12.7. The van der Waals surface area contributed by atoms with Gasteiger partial charge in [0.1, 0.15) is 5.65 Å². The fraction of sp³-hybridized carbons (Fsp3) is 0.321. The summed E-state index contributed by atoms with van der Waals surface area (Å²) >= 11 is 6.32. The summed E-state index contributed by atoms with van der Waals surface area (Å²) in [4.78, 5) is 7.36. The highest BCUT2D eigenvalue weighted by atomic mass is 35.5. The number of fused-ring (bicyclic) bond motifs is 1. The van der Waals surface area contributed by atoms with Gasteiger partial charge in [-0.05, 0) is 60.7 Å². The summed E-state index contributed by atoms with van der Waals surface area (Å²) in [6.45, 7) is 5.19. The van der Waals surface area contributed by atoms with E-state index in [4.69, 9.17) is 16.6 Å². The van der Waals surface area contributed by atoms with Crippen molar-refractivity contribution in [3.05, 3.63) is 83.1 Å². The van der Waals surface area contributed by atoms with Crippen molar-refractivity contribution in [1.82, 2.24) is 18.6 Å². The van der Waals surface area contributed by atoms with Crippen molar-refractivity contribution >= 4 is 27.3 Å². The molecule has 3 heterocycles. The number of aryl methyl sites for hydroxylation is 1. The van der Waals surface area contributed by atoms with Crippen molar-refractivity contribution in [3.8, 4) is 22.4 Å². The smallest absolute Gasteiger partial charge is 0.217 e. The Kier molecular flexibility index (Phi) is 6.12. The highest BCUT2D eigenvalue weighted by Crippen LogP contribution is 2.33. The zero-order valence-corrected chi connectivity index (χ0v) is 21.8. The van der Waals surface area contributed by atoms with E-state index in [1.54, 1.807) is 4.31 Å². The van der Waals surface area contributed by atoms with Gasteiger partial charge in [-0.15, -0.1) is 0 Å². The standard InChI is InChI=1S/C28H29ClN4O2S/c1-20-17-22(7-11-25(20)29)28-26(19-31-13-15-32(16-14-31)36(34,35)24-9-10-24)33-18-23(8-12-27(33)30-28)21-5-3-2-4-6-21/h2-8,11-12,17-18,24H,9-10,13-16,19H2,1H3. The summed E-state index contributed by atoms with van der Waals surface area (Å²) in [5, 5.41) is 0.586. The third kappa shape index (κ3) is 4.45. The number of piperazine rings is 1. The first-order chi connectivity index (χ1) is 17.4. The van der Waals surface area contributed by atoms with Crippen molar-refractivity contribution in [2.24, 2.45) is 0 Å². The lowest BCUT2D eigenvalue weighted by atomic mass is 10.1. The van der Waals surface area contributed by atoms with E-state index in [1.807, 2.05) is 37.3 Å². The normalized spacial score (nSPS) is 17.6. The molecule has 0 unspecified atom stereocenters. The first kappa shape index (κ1) is 23.7. The highest BCUT2D eigenvalue weighted by Gasteiger charge is 2.41. The van der Waals surface area contributed by atoms with E-state index in [1.165, 1.54) is 0 Å². The summed E-state index contributed by atoms with van der Waals surface area (Å²) in [7, 11) is -3.13. The molecule has 2 fully saturated rings. The molecule has 36 heavy (non-hydrogen) atoms. The van der Waals surface area contributed by atoms with Gasteiger partial charge in [-0.1, -0.05) is 48.0 Å². The van der Waals surface area contributed by atoms with Crippen molar-refractivity contribution in [1.29, 1.82) is 0 Å². The molecule has 6 nitrogen and oxygen atoms in total. The van der Waals surface area contributed by atoms with Gasteiger partial charge < -0.3 is 4.40 Å². The number of aromatic nitrogens is 2. The zero-order valence-electron chi connectivity index (χ0n) is 20.3. The van der Waals surface area contributed by atoms with Crippen LogP contribution < -0.4 is 0 Å². The van der Waals surface area contributed by atoms with Crippen LogP contribution in [0.4, 0.5) is 0 Å². The van der Waals surface area contributed by atoms with Crippen LogP contribution in [0.15, 0.2) is 66.9 Å². The van der Waals surface area contributed by atoms with Gasteiger partial charge in [-0.2, -0.15) is 4.31 Å². The second-order valence-corrected chi connectivity index (χ2v) is 12.4. The molecule has 1 saturated carbocycles. The van der Waals surface area contributed by atoms with Crippen LogP contribution in [0.3, 0.4) is 0 Å². The van der Waals surface area contributed by atoms with Crippen molar-refractivity contribution in [2.75, 3.05) is 26.2 Å². The Labute approximate surface area is 217 Å². The summed E-state index contributed by atoms with van der Waals surface area (Å²) in [5.41, 5.74) is 7.26. The van der Waals surface area contributed by atoms with E-state index in [9.17, 15) is 8.42 Å². The van der Waals surface area contributed by atoms with Gasteiger partial charge in [0.05, 0.1) is 16.6 Å². The molecule has 0 amide bonds. The van der Waals surface area contributed by atoms with Crippen LogP contribution in [0, 0.1) is 6.92 Å². The lowest BCUT2D eigenvalue weighted by Gasteiger charge is -2.34. The van der Waals surface area contributed by atoms with Crippen LogP contribution in [0.1, 0.15) is 24.1 Å². The molecule has 1 saturated heterocycles. The summed E-state index contributed by atoms with van der Waals surface area (Å²) in [6, 6.07) is 20.6. The van der Waals surface area contributed by atoms with E-state index in [0.717, 1.165) is 57.2 Å². The molecule has 1 aliphatic heterocycles. The van der Waals surface area contributed by atoms with Crippen LogP contribution in [0.2, 0.25) is 5.02 Å². The molecule has 0 spiro atoms. The first-order valence-corrected chi connectivity index (χ1v) is 14.3. The van der Waals surface area contributed by atoms with Crippen LogP contribution in [0.25, 0.3) is 28.0 Å². The minimum absolute atomic E-state index is 0.154. The van der Waals surface area contributed by atoms with Crippen LogP contribution in [-0.2, 0) is 16.6 Å². The monoisotopic (exact) mass is 520 g/mol. The fourth-order valence-corrected chi connectivity index (χ4v) is 6.94. The summed E-state index contributed by atoms with van der Waals surface area (Å²) < 4.78 is 29.3. The number of benzene rings is 2. The quantitative estimate of drug-likeness (QED) is 0.349. The number of hydrogen-bond donors (Lipinski definition) is 0. The Morgan fingerprint density at radius 1 is 0.917 bits per heavy atom. The molecule has 0 N–H and O–H groups in total. The maximum Gasteiger partial charge on any atom is 0.217 e. The van der Waals surface area contributed by atoms with Gasteiger partial charge in [0.25, 0.3) is 0 Å². The molecule has 186 valence electrons. The molecule has 8 heteroatoms. The lowest BCUT2D eigenvalue weighted by molar-refractivity contribution is 0.179. The van der Waals surface area contributed by atoms with E-state index < -0.39 is 10.0 Å². The fourth-order valence-electron chi connectivity index (χ4n) is 5.00. The van der Waals surface area contributed by atoms with Gasteiger partial charge in [0, 0.05) is 49.5 Å². The maximum absolute atomic E-state index is 12.7. The number of nitrogens with zero attached hydrogens (tertiary/aromatic N) is 4. The number of imidazole rings is 1. The number of hydrogen-bond acceptors (Lipinski definition) is 4. The van der Waals surface area contributed by atoms with E-state index >= 15 is 0 Å². The molecule has 2 aromatic heterocycles. The van der Waals surface area contributed by atoms with Crippen molar-refractivity contribution in [3.63, 3.8) is 0 Å². The Morgan fingerprint density at radius 2 is 1.64 bits per heavy atom. The average molecular weight is 521 g/mol. The van der Waals surface area contributed by atoms with Gasteiger partial charge in [0.15, 0.2) is 0 Å². The molecule has 0 atom stereocenters. The van der Waals surface area contributed by atoms with Crippen LogP contribution in [0.5, 0.6) is 0 Å². The molecular formula is C28H29ClN4O2S. The minimum atomic E-state index is -3.13.